The van der Waals surface area contributed by atoms with Gasteiger partial charge in [-0.2, -0.15) is 4.37 Å². The molecule has 0 bridgehead atoms. The number of benzene rings is 2. The van der Waals surface area contributed by atoms with Gasteiger partial charge < -0.3 is 5.32 Å². The van der Waals surface area contributed by atoms with Gasteiger partial charge in [0, 0.05) is 28.3 Å². The molecule has 0 aliphatic heterocycles. The number of nitrogens with one attached hydrogen (secondary N) is 1. The summed E-state index contributed by atoms with van der Waals surface area (Å²) in [4.78, 5) is 13.4. The molecule has 2 aliphatic carbocycles. The minimum atomic E-state index is -0.237. The van der Waals surface area contributed by atoms with Gasteiger partial charge in [0.05, 0.1) is 16.3 Å². The van der Waals surface area contributed by atoms with Crippen molar-refractivity contribution in [1.82, 2.24) is 4.37 Å². The van der Waals surface area contributed by atoms with Gasteiger partial charge in [-0.05, 0) is 36.2 Å². The summed E-state index contributed by atoms with van der Waals surface area (Å²) in [6.45, 7) is 0. The molecule has 0 radical (unpaired) electrons. The van der Waals surface area contributed by atoms with Crippen LogP contribution in [-0.4, -0.2) is 10.2 Å². The second kappa shape index (κ2) is 5.67. The Morgan fingerprint density at radius 2 is 1.96 bits per heavy atom. The lowest BCUT2D eigenvalue weighted by molar-refractivity contribution is 0.0929. The molecule has 4 heteroatoms. The summed E-state index contributed by atoms with van der Waals surface area (Å²) in [5, 5.41) is 4.53. The van der Waals surface area contributed by atoms with Crippen LogP contribution in [0.2, 0.25) is 0 Å². The fraction of sp³-hybridized carbons (Fsp3) is 0.143. The Kier molecular flexibility index (Phi) is 3.31. The quantitative estimate of drug-likeness (QED) is 0.654. The van der Waals surface area contributed by atoms with E-state index in [1.807, 2.05) is 48.5 Å². The monoisotopic (exact) mass is 344 g/mol. The van der Waals surface area contributed by atoms with E-state index in [0.29, 0.717) is 0 Å². The van der Waals surface area contributed by atoms with Gasteiger partial charge >= 0.3 is 0 Å². The maximum Gasteiger partial charge on any atom is 0.173 e. The van der Waals surface area contributed by atoms with Crippen LogP contribution in [0.15, 0.2) is 72.5 Å². The van der Waals surface area contributed by atoms with Gasteiger partial charge in [-0.3, -0.25) is 4.79 Å². The summed E-state index contributed by atoms with van der Waals surface area (Å²) in [5.74, 6) is -0.0511. The van der Waals surface area contributed by atoms with Crippen molar-refractivity contribution in [2.45, 2.75) is 12.3 Å². The Hall–Kier alpha value is -2.72. The van der Waals surface area contributed by atoms with Gasteiger partial charge in [-0.25, -0.2) is 0 Å². The molecule has 1 N–H and O–H groups in total. The predicted octanol–water partition coefficient (Wildman–Crippen LogP) is 5.15. The maximum atomic E-state index is 13.4. The van der Waals surface area contributed by atoms with E-state index in [4.69, 9.17) is 4.37 Å². The highest BCUT2D eigenvalue weighted by atomic mass is 32.1. The van der Waals surface area contributed by atoms with Gasteiger partial charge in [0.25, 0.3) is 0 Å². The Bertz CT molecular complexity index is 1030. The number of hydrogen-bond donors (Lipinski definition) is 1. The summed E-state index contributed by atoms with van der Waals surface area (Å²) in [5.41, 5.74) is 3.82. The summed E-state index contributed by atoms with van der Waals surface area (Å²) in [7, 11) is 0. The summed E-state index contributed by atoms with van der Waals surface area (Å²) < 4.78 is 5.81. The normalized spacial score (nSPS) is 21.6. The zero-order chi connectivity index (χ0) is 16.8. The van der Waals surface area contributed by atoms with Crippen molar-refractivity contribution in [2.24, 2.45) is 5.92 Å². The number of ketones is 1. The SMILES string of the molecule is O=C1c2cccc3snc(c23)C2C=CCC=C(Nc3ccccc3)C12. The number of nitrogens with zero attached hydrogens (tertiary/aromatic N) is 1. The fourth-order valence-corrected chi connectivity index (χ4v) is 4.69. The van der Waals surface area contributed by atoms with Crippen LogP contribution in [0.5, 0.6) is 0 Å². The number of anilines is 1. The van der Waals surface area contributed by atoms with Crippen LogP contribution in [0.1, 0.15) is 28.4 Å². The van der Waals surface area contributed by atoms with Crippen LogP contribution < -0.4 is 5.32 Å². The Balaban J connectivity index is 1.64. The molecule has 1 heterocycles. The first-order valence-electron chi connectivity index (χ1n) is 8.44. The minimum absolute atomic E-state index is 0.00103. The number of fused-ring (bicyclic) bond motifs is 2. The Morgan fingerprint density at radius 1 is 1.08 bits per heavy atom. The molecule has 1 aromatic heterocycles. The molecule has 0 fully saturated rings. The standard InChI is InChI=1S/C21H16N2OS/c24-21-15-10-6-12-17-19(15)20(23-25-17)14-9-4-5-11-16(18(14)21)22-13-7-2-1-3-8-13/h1-4,6-12,14,18,22H,5H2. The highest BCUT2D eigenvalue weighted by molar-refractivity contribution is 7.13. The first-order valence-corrected chi connectivity index (χ1v) is 9.21. The van der Waals surface area contributed by atoms with Crippen molar-refractivity contribution in [1.29, 1.82) is 0 Å². The van der Waals surface area contributed by atoms with Crippen LogP contribution >= 0.6 is 11.5 Å². The summed E-state index contributed by atoms with van der Waals surface area (Å²) in [6, 6.07) is 16.0. The third-order valence-electron chi connectivity index (χ3n) is 4.96. The van der Waals surface area contributed by atoms with Crippen molar-refractivity contribution >= 4 is 33.1 Å². The minimum Gasteiger partial charge on any atom is -0.359 e. The van der Waals surface area contributed by atoms with Crippen LogP contribution in [0.25, 0.3) is 10.1 Å². The van der Waals surface area contributed by atoms with Crippen molar-refractivity contribution in [3.63, 3.8) is 0 Å². The number of carbonyl (C=O) groups is 1. The van der Waals surface area contributed by atoms with Crippen molar-refractivity contribution in [3.05, 3.63) is 83.7 Å². The number of aromatic nitrogens is 1. The number of hydrogen-bond acceptors (Lipinski definition) is 4. The van der Waals surface area contributed by atoms with Crippen molar-refractivity contribution in [3.8, 4) is 0 Å². The van der Waals surface area contributed by atoms with E-state index in [1.54, 1.807) is 0 Å². The fourth-order valence-electron chi connectivity index (χ4n) is 3.84. The van der Waals surface area contributed by atoms with E-state index in [9.17, 15) is 4.79 Å². The van der Waals surface area contributed by atoms with E-state index < -0.39 is 0 Å². The molecular weight excluding hydrogens is 328 g/mol. The highest BCUT2D eigenvalue weighted by Gasteiger charge is 2.40. The number of Topliss-reactive ketones (excluding diaryl/α,β-unsaturated/α-hetero) is 1. The van der Waals surface area contributed by atoms with Crippen molar-refractivity contribution in [2.75, 3.05) is 5.32 Å². The topological polar surface area (TPSA) is 42.0 Å². The summed E-state index contributed by atoms with van der Waals surface area (Å²) >= 11 is 1.49. The summed E-state index contributed by atoms with van der Waals surface area (Å²) in [6.07, 6.45) is 7.25. The van der Waals surface area contributed by atoms with Gasteiger partial charge in [-0.15, -0.1) is 0 Å². The molecule has 0 amide bonds. The molecule has 0 saturated heterocycles. The van der Waals surface area contributed by atoms with Gasteiger partial charge in [0.15, 0.2) is 5.78 Å². The van der Waals surface area contributed by atoms with E-state index >= 15 is 0 Å². The van der Waals surface area contributed by atoms with Crippen LogP contribution in [0.4, 0.5) is 5.69 Å². The van der Waals surface area contributed by atoms with Crippen LogP contribution in [0.3, 0.4) is 0 Å². The largest absolute Gasteiger partial charge is 0.359 e. The second-order valence-corrected chi connectivity index (χ2v) is 7.23. The first kappa shape index (κ1) is 14.6. The Morgan fingerprint density at radius 3 is 2.84 bits per heavy atom. The van der Waals surface area contributed by atoms with Gasteiger partial charge in [0.2, 0.25) is 0 Å². The highest BCUT2D eigenvalue weighted by Crippen LogP contribution is 2.45. The molecule has 122 valence electrons. The zero-order valence-corrected chi connectivity index (χ0v) is 14.3. The average Bonchev–Trinajstić information content (AvgIpc) is 2.97. The lowest BCUT2D eigenvalue weighted by Crippen LogP contribution is -2.30. The molecule has 2 aromatic carbocycles. The molecule has 3 aromatic rings. The molecule has 3 nitrogen and oxygen atoms in total. The van der Waals surface area contributed by atoms with Crippen molar-refractivity contribution < 1.29 is 4.79 Å². The molecule has 25 heavy (non-hydrogen) atoms. The lowest BCUT2D eigenvalue weighted by atomic mass is 9.75. The van der Waals surface area contributed by atoms with Gasteiger partial charge in [0.1, 0.15) is 0 Å². The average molecular weight is 344 g/mol. The molecule has 2 unspecified atom stereocenters. The van der Waals surface area contributed by atoms with Crippen LogP contribution in [0, 0.1) is 5.92 Å². The van der Waals surface area contributed by atoms with E-state index in [2.05, 4.69) is 23.5 Å². The maximum absolute atomic E-state index is 13.4. The molecule has 5 rings (SSSR count). The van der Waals surface area contributed by atoms with Crippen LogP contribution in [-0.2, 0) is 0 Å². The number of para-hydroxylation sites is 1. The zero-order valence-electron chi connectivity index (χ0n) is 13.5. The molecule has 2 aliphatic rings. The smallest absolute Gasteiger partial charge is 0.173 e. The predicted molar refractivity (Wildman–Crippen MR) is 102 cm³/mol. The Labute approximate surface area is 149 Å². The number of carbonyl (C=O) groups excluding carboxylic acids is 1. The second-order valence-electron chi connectivity index (χ2n) is 6.43. The van der Waals surface area contributed by atoms with Gasteiger partial charge in [-0.1, -0.05) is 48.6 Å². The molecule has 0 saturated carbocycles. The molecule has 0 spiro atoms. The molecule has 2 atom stereocenters. The lowest BCUT2D eigenvalue weighted by Gasteiger charge is -2.29. The third kappa shape index (κ3) is 2.25. The molecular formula is C21H16N2OS. The van der Waals surface area contributed by atoms with E-state index in [0.717, 1.165) is 39.1 Å². The number of allylic oxidation sites excluding steroid dienone is 4. The third-order valence-corrected chi connectivity index (χ3v) is 5.79. The number of rotatable bonds is 2. The van der Waals surface area contributed by atoms with E-state index in [-0.39, 0.29) is 17.6 Å². The van der Waals surface area contributed by atoms with E-state index in [1.165, 1.54) is 11.5 Å². The first-order chi connectivity index (χ1) is 12.3.